The van der Waals surface area contributed by atoms with Crippen molar-refractivity contribution in [3.8, 4) is 0 Å². The van der Waals surface area contributed by atoms with Crippen molar-refractivity contribution in [3.05, 3.63) is 0 Å². The highest BCUT2D eigenvalue weighted by Crippen LogP contribution is 2.84. The third-order valence-electron chi connectivity index (χ3n) is 9.14. The van der Waals surface area contributed by atoms with E-state index in [4.69, 9.17) is 18.9 Å². The minimum Gasteiger partial charge on any atom is -0.459 e. The van der Waals surface area contributed by atoms with Crippen molar-refractivity contribution in [3.63, 3.8) is 0 Å². The van der Waals surface area contributed by atoms with Gasteiger partial charge in [-0.15, -0.1) is 0 Å². The van der Waals surface area contributed by atoms with Crippen LogP contribution in [0.5, 0.6) is 0 Å². The van der Waals surface area contributed by atoms with Gasteiger partial charge in [0.05, 0.1) is 23.5 Å². The molecule has 6 aliphatic rings. The van der Waals surface area contributed by atoms with Gasteiger partial charge < -0.3 is 39.4 Å². The molecular weight excluding hydrogens is 384 g/mol. The third kappa shape index (κ3) is 1.42. The molecule has 4 saturated heterocycles. The van der Waals surface area contributed by atoms with Crippen molar-refractivity contribution in [2.24, 2.45) is 28.1 Å². The van der Waals surface area contributed by atoms with E-state index >= 15 is 0 Å². The van der Waals surface area contributed by atoms with Crippen molar-refractivity contribution >= 4 is 5.97 Å². The molecule has 2 saturated carbocycles. The Bertz CT molecular complexity index is 810. The highest BCUT2D eigenvalue weighted by molar-refractivity contribution is 5.89. The lowest BCUT2D eigenvalue weighted by Crippen LogP contribution is -2.67. The fourth-order valence-corrected chi connectivity index (χ4v) is 8.36. The van der Waals surface area contributed by atoms with E-state index in [1.54, 1.807) is 6.92 Å². The molecule has 0 amide bonds. The number of carbonyl (C=O) groups is 1. The molecule has 0 aromatic rings. The standard InChI is InChI=1S/C20H28O9/c1-7-6-26-12-10(21)18-9-5-8(16(2,3)4)17(18)11(22)13(23)28-15(17)29-20(18,14(24)27-9)19(7,12)25/h7-13,15,21-23,25H,5-6H2,1-4H3/t7-,8+,9?,10+,11+,12?,13+,15+,17?,18?,19-,20-/m1/s1. The number of esters is 1. The molecule has 2 aliphatic carbocycles. The van der Waals surface area contributed by atoms with Gasteiger partial charge in [-0.05, 0) is 17.8 Å². The lowest BCUT2D eigenvalue weighted by molar-refractivity contribution is -0.263. The van der Waals surface area contributed by atoms with E-state index in [-0.39, 0.29) is 12.5 Å². The van der Waals surface area contributed by atoms with Crippen molar-refractivity contribution in [1.82, 2.24) is 0 Å². The van der Waals surface area contributed by atoms with Crippen LogP contribution in [0.4, 0.5) is 0 Å². The Kier molecular flexibility index (Phi) is 3.15. The molecule has 4 aliphatic heterocycles. The van der Waals surface area contributed by atoms with Crippen LogP contribution in [0.15, 0.2) is 0 Å². The average Bonchev–Trinajstić information content (AvgIpc) is 3.34. The van der Waals surface area contributed by atoms with Crippen LogP contribution in [0.2, 0.25) is 0 Å². The van der Waals surface area contributed by atoms with Crippen LogP contribution in [0, 0.1) is 28.1 Å². The number of carbonyl (C=O) groups excluding carboxylic acids is 1. The number of rotatable bonds is 0. The van der Waals surface area contributed by atoms with E-state index in [0.29, 0.717) is 6.42 Å². The Labute approximate surface area is 167 Å². The van der Waals surface area contributed by atoms with Gasteiger partial charge in [-0.25, -0.2) is 4.79 Å². The molecule has 0 bridgehead atoms. The Morgan fingerprint density at radius 3 is 2.48 bits per heavy atom. The Hall–Kier alpha value is -0.810. The molecular formula is C20H28O9. The van der Waals surface area contributed by atoms with E-state index in [1.807, 2.05) is 20.8 Å². The first kappa shape index (κ1) is 18.9. The summed E-state index contributed by atoms with van der Waals surface area (Å²) in [5.41, 5.74) is -7.01. The summed E-state index contributed by atoms with van der Waals surface area (Å²) in [5.74, 6) is -1.59. The predicted octanol–water partition coefficient (Wildman–Crippen LogP) is -1.10. The minimum absolute atomic E-state index is 0.157. The van der Waals surface area contributed by atoms with Crippen LogP contribution in [-0.2, 0) is 23.7 Å². The predicted molar refractivity (Wildman–Crippen MR) is 92.9 cm³/mol. The maximum Gasteiger partial charge on any atom is 0.342 e. The summed E-state index contributed by atoms with van der Waals surface area (Å²) in [6, 6.07) is 0. The molecule has 6 rings (SSSR count). The van der Waals surface area contributed by atoms with E-state index < -0.39 is 76.3 Å². The molecule has 0 aromatic heterocycles. The van der Waals surface area contributed by atoms with Gasteiger partial charge in [0.25, 0.3) is 0 Å². The van der Waals surface area contributed by atoms with E-state index in [0.717, 1.165) is 0 Å². The summed E-state index contributed by atoms with van der Waals surface area (Å²) in [6.07, 6.45) is -6.96. The van der Waals surface area contributed by atoms with Gasteiger partial charge in [0.15, 0.2) is 12.6 Å². The summed E-state index contributed by atoms with van der Waals surface area (Å²) < 4.78 is 23.5. The van der Waals surface area contributed by atoms with Crippen molar-refractivity contribution in [1.29, 1.82) is 0 Å². The Morgan fingerprint density at radius 1 is 1.14 bits per heavy atom. The van der Waals surface area contributed by atoms with Crippen molar-refractivity contribution in [2.75, 3.05) is 6.61 Å². The zero-order valence-corrected chi connectivity index (χ0v) is 16.9. The second-order valence-electron chi connectivity index (χ2n) is 10.9. The summed E-state index contributed by atoms with van der Waals surface area (Å²) in [5, 5.41) is 45.4. The normalized spacial score (nSPS) is 64.8. The average molecular weight is 412 g/mol. The minimum atomic E-state index is -1.93. The van der Waals surface area contributed by atoms with Gasteiger partial charge in [0, 0.05) is 5.92 Å². The molecule has 6 fully saturated rings. The number of hydrogen-bond donors (Lipinski definition) is 4. The number of aliphatic hydroxyl groups excluding tert-OH is 3. The number of aliphatic hydroxyl groups is 4. The molecule has 0 radical (unpaired) electrons. The first-order valence-corrected chi connectivity index (χ1v) is 10.4. The topological polar surface area (TPSA) is 135 Å². The second-order valence-corrected chi connectivity index (χ2v) is 10.9. The first-order chi connectivity index (χ1) is 13.4. The van der Waals surface area contributed by atoms with Crippen LogP contribution >= 0.6 is 0 Å². The zero-order chi connectivity index (χ0) is 20.9. The summed E-state index contributed by atoms with van der Waals surface area (Å²) >= 11 is 0. The summed E-state index contributed by atoms with van der Waals surface area (Å²) in [7, 11) is 0. The van der Waals surface area contributed by atoms with Gasteiger partial charge in [-0.3, -0.25) is 0 Å². The smallest absolute Gasteiger partial charge is 0.342 e. The quantitative estimate of drug-likeness (QED) is 0.366. The number of ether oxygens (including phenoxy) is 4. The molecule has 4 heterocycles. The van der Waals surface area contributed by atoms with Gasteiger partial charge >= 0.3 is 5.97 Å². The molecule has 0 aromatic carbocycles. The van der Waals surface area contributed by atoms with Crippen LogP contribution in [0.3, 0.4) is 0 Å². The first-order valence-electron chi connectivity index (χ1n) is 10.4. The molecule has 9 heteroatoms. The van der Waals surface area contributed by atoms with Crippen LogP contribution in [0.1, 0.15) is 34.1 Å². The summed E-state index contributed by atoms with van der Waals surface area (Å²) in [4.78, 5) is 13.4. The highest BCUT2D eigenvalue weighted by Gasteiger charge is 3.02. The van der Waals surface area contributed by atoms with Crippen LogP contribution in [-0.4, -0.2) is 81.2 Å². The molecule has 4 N–H and O–H groups in total. The molecule has 2 spiro atoms. The van der Waals surface area contributed by atoms with Crippen LogP contribution in [0.25, 0.3) is 0 Å². The lowest BCUT2D eigenvalue weighted by Gasteiger charge is -2.49. The van der Waals surface area contributed by atoms with Gasteiger partial charge in [0.2, 0.25) is 5.60 Å². The lowest BCUT2D eigenvalue weighted by atomic mass is 9.51. The fraction of sp³-hybridized carbons (Fsp3) is 0.950. The third-order valence-corrected chi connectivity index (χ3v) is 9.14. The molecule has 12 atom stereocenters. The summed E-state index contributed by atoms with van der Waals surface area (Å²) in [6.45, 7) is 7.89. The van der Waals surface area contributed by atoms with Crippen LogP contribution < -0.4 is 0 Å². The molecule has 4 unspecified atom stereocenters. The second kappa shape index (κ2) is 4.82. The van der Waals surface area contributed by atoms with E-state index in [1.165, 1.54) is 0 Å². The maximum absolute atomic E-state index is 13.4. The Morgan fingerprint density at radius 2 is 1.83 bits per heavy atom. The molecule has 29 heavy (non-hydrogen) atoms. The number of fused-ring (bicyclic) bond motifs is 1. The zero-order valence-electron chi connectivity index (χ0n) is 16.9. The molecule has 9 nitrogen and oxygen atoms in total. The molecule has 162 valence electrons. The maximum atomic E-state index is 13.4. The van der Waals surface area contributed by atoms with Gasteiger partial charge in [-0.1, -0.05) is 27.7 Å². The SMILES string of the molecule is C[C@@H]1COC2[C@H](O)C34C5C[C@@H](C(C)(C)C)C36[C@@H](O[C@H](O)[C@@H]6O)O[C@@]4(C(=O)O5)[C@]21O. The van der Waals surface area contributed by atoms with Crippen molar-refractivity contribution in [2.45, 2.75) is 82.3 Å². The monoisotopic (exact) mass is 412 g/mol. The fourth-order valence-electron chi connectivity index (χ4n) is 8.36. The van der Waals surface area contributed by atoms with E-state index in [9.17, 15) is 25.2 Å². The van der Waals surface area contributed by atoms with Gasteiger partial charge in [-0.2, -0.15) is 0 Å². The Balaban J connectivity index is 1.71. The van der Waals surface area contributed by atoms with Gasteiger partial charge in [0.1, 0.15) is 23.9 Å². The largest absolute Gasteiger partial charge is 0.459 e. The number of hydrogen-bond acceptors (Lipinski definition) is 9. The highest BCUT2D eigenvalue weighted by atomic mass is 16.8. The van der Waals surface area contributed by atoms with Crippen molar-refractivity contribution < 1.29 is 44.2 Å². The van der Waals surface area contributed by atoms with E-state index in [2.05, 4.69) is 0 Å².